The Bertz CT molecular complexity index is 1570. The fourth-order valence-electron chi connectivity index (χ4n) is 3.93. The highest BCUT2D eigenvalue weighted by Crippen LogP contribution is 2.31. The van der Waals surface area contributed by atoms with Crippen LogP contribution in [0.1, 0.15) is 27.3 Å². The van der Waals surface area contributed by atoms with Gasteiger partial charge in [0, 0.05) is 22.7 Å². The summed E-state index contributed by atoms with van der Waals surface area (Å²) in [6.07, 6.45) is 1.81. The molecule has 3 aromatic heterocycles. The molecular weight excluding hydrogens is 471 g/mol. The number of nitrogens with zero attached hydrogens (tertiary/aromatic N) is 5. The van der Waals surface area contributed by atoms with Crippen molar-refractivity contribution in [2.75, 3.05) is 5.32 Å². The number of anilines is 1. The van der Waals surface area contributed by atoms with Crippen molar-refractivity contribution in [3.05, 3.63) is 98.6 Å². The minimum atomic E-state index is -0.428. The van der Waals surface area contributed by atoms with Gasteiger partial charge in [0.25, 0.3) is 5.91 Å². The molecule has 5 aromatic rings. The second-order valence-electron chi connectivity index (χ2n) is 7.96. The van der Waals surface area contributed by atoms with Crippen LogP contribution in [0.2, 0.25) is 0 Å². The molecule has 0 saturated heterocycles. The molecule has 0 radical (unpaired) electrons. The molecule has 2 aromatic carbocycles. The van der Waals surface area contributed by atoms with Gasteiger partial charge in [-0.15, -0.1) is 11.3 Å². The zero-order valence-electron chi connectivity index (χ0n) is 18.7. The molecule has 0 fully saturated rings. The first-order chi connectivity index (χ1) is 16.8. The molecule has 0 spiro atoms. The number of aromatic nitrogens is 4. The van der Waals surface area contributed by atoms with Gasteiger partial charge in [0.05, 0.1) is 11.5 Å². The number of aryl methyl sites for hydroxylation is 1. The van der Waals surface area contributed by atoms with Gasteiger partial charge >= 0.3 is 5.69 Å². The number of carbonyl (C=O) groups is 1. The summed E-state index contributed by atoms with van der Waals surface area (Å²) in [6, 6.07) is 12.9. The molecule has 1 N–H and O–H groups in total. The highest BCUT2D eigenvalue weighted by Gasteiger charge is 2.22. The first kappa shape index (κ1) is 22.4. The van der Waals surface area contributed by atoms with Crippen molar-refractivity contribution in [1.29, 1.82) is 0 Å². The summed E-state index contributed by atoms with van der Waals surface area (Å²) in [7, 11) is 0. The van der Waals surface area contributed by atoms with Gasteiger partial charge in [-0.2, -0.15) is 5.10 Å². The maximum atomic E-state index is 13.4. The monoisotopic (exact) mass is 490 g/mol. The van der Waals surface area contributed by atoms with Crippen molar-refractivity contribution in [1.82, 2.24) is 19.2 Å². The van der Waals surface area contributed by atoms with E-state index in [1.807, 2.05) is 11.6 Å². The summed E-state index contributed by atoms with van der Waals surface area (Å²) in [6.45, 7) is 3.61. The largest absolute Gasteiger partial charge is 0.312 e. The lowest BCUT2D eigenvalue weighted by molar-refractivity contribution is -0.386. The summed E-state index contributed by atoms with van der Waals surface area (Å²) < 4.78 is 16.8. The molecule has 5 rings (SSSR count). The van der Waals surface area contributed by atoms with Gasteiger partial charge < -0.3 is 5.32 Å². The van der Waals surface area contributed by atoms with Crippen LogP contribution in [-0.2, 0) is 6.54 Å². The van der Waals surface area contributed by atoms with E-state index in [1.165, 1.54) is 23.5 Å². The van der Waals surface area contributed by atoms with Gasteiger partial charge in [-0.25, -0.2) is 9.37 Å². The van der Waals surface area contributed by atoms with Crippen LogP contribution in [-0.4, -0.2) is 30.0 Å². The Morgan fingerprint density at radius 1 is 1.14 bits per heavy atom. The number of rotatable bonds is 6. The summed E-state index contributed by atoms with van der Waals surface area (Å²) in [5.41, 5.74) is 3.37. The fourth-order valence-corrected chi connectivity index (χ4v) is 4.65. The maximum Gasteiger partial charge on any atom is 0.312 e. The van der Waals surface area contributed by atoms with Crippen molar-refractivity contribution >= 4 is 33.7 Å². The van der Waals surface area contributed by atoms with E-state index in [1.54, 1.807) is 59.3 Å². The van der Waals surface area contributed by atoms with Crippen molar-refractivity contribution in [2.24, 2.45) is 0 Å². The Balaban J connectivity index is 1.38. The molecule has 0 unspecified atom stereocenters. The predicted molar refractivity (Wildman–Crippen MR) is 130 cm³/mol. The van der Waals surface area contributed by atoms with Gasteiger partial charge in [-0.1, -0.05) is 12.1 Å². The number of thiazole rings is 1. The number of hydrogen-bond donors (Lipinski definition) is 1. The van der Waals surface area contributed by atoms with Crippen molar-refractivity contribution in [2.45, 2.75) is 20.4 Å². The number of fused-ring (bicyclic) bond motifs is 1. The molecule has 35 heavy (non-hydrogen) atoms. The predicted octanol–water partition coefficient (Wildman–Crippen LogP) is 5.22. The van der Waals surface area contributed by atoms with Crippen LogP contribution in [0.5, 0.6) is 0 Å². The molecule has 0 bridgehead atoms. The number of benzene rings is 2. The Morgan fingerprint density at radius 3 is 2.51 bits per heavy atom. The lowest BCUT2D eigenvalue weighted by Crippen LogP contribution is -2.14. The maximum absolute atomic E-state index is 13.4. The molecular formula is C24H19FN6O3S. The van der Waals surface area contributed by atoms with Crippen LogP contribution in [0, 0.1) is 29.8 Å². The van der Waals surface area contributed by atoms with Crippen LogP contribution in [0.15, 0.2) is 60.1 Å². The quantitative estimate of drug-likeness (QED) is 0.259. The van der Waals surface area contributed by atoms with E-state index in [0.717, 1.165) is 5.56 Å². The van der Waals surface area contributed by atoms with Crippen LogP contribution < -0.4 is 5.32 Å². The number of nitro groups is 1. The number of hydrogen-bond acceptors (Lipinski definition) is 6. The first-order valence-corrected chi connectivity index (χ1v) is 11.5. The number of halogens is 1. The Morgan fingerprint density at radius 2 is 1.86 bits per heavy atom. The Kier molecular flexibility index (Phi) is 5.61. The smallest absolute Gasteiger partial charge is 0.306 e. The number of nitrogens with one attached hydrogen (secondary N) is 1. The van der Waals surface area contributed by atoms with Crippen LogP contribution in [0.25, 0.3) is 16.2 Å². The van der Waals surface area contributed by atoms with Gasteiger partial charge in [-0.3, -0.25) is 24.0 Å². The number of carbonyl (C=O) groups excluding carboxylic acids is 1. The Hall–Kier alpha value is -4.38. The topological polar surface area (TPSA) is 107 Å². The van der Waals surface area contributed by atoms with E-state index >= 15 is 0 Å². The van der Waals surface area contributed by atoms with Crippen LogP contribution in [0.4, 0.5) is 15.9 Å². The van der Waals surface area contributed by atoms with Crippen molar-refractivity contribution in [3.63, 3.8) is 0 Å². The molecule has 0 atom stereocenters. The standard InChI is InChI=1S/C24H19FN6O3S/c1-14-21(31(33)34)15(2)30(28-14)13-16-3-5-18(6-4-16)23(32)27-22-20(17-7-9-19(25)10-8-17)26-24-29(22)11-12-35-24/h3-12H,13H2,1-2H3,(H,27,32). The van der Waals surface area contributed by atoms with Gasteiger partial charge in [-0.05, 0) is 55.8 Å². The van der Waals surface area contributed by atoms with E-state index < -0.39 is 4.92 Å². The average molecular weight is 491 g/mol. The Labute approximate surface area is 202 Å². The summed E-state index contributed by atoms with van der Waals surface area (Å²) in [5, 5.41) is 20.3. The zero-order chi connectivity index (χ0) is 24.7. The van der Waals surface area contributed by atoms with E-state index in [9.17, 15) is 19.3 Å². The minimum absolute atomic E-state index is 0.0125. The van der Waals surface area contributed by atoms with E-state index in [4.69, 9.17) is 0 Å². The van der Waals surface area contributed by atoms with Crippen molar-refractivity contribution < 1.29 is 14.1 Å². The van der Waals surface area contributed by atoms with Gasteiger partial charge in [0.2, 0.25) is 0 Å². The average Bonchev–Trinajstić information content (AvgIpc) is 3.49. The van der Waals surface area contributed by atoms with E-state index in [-0.39, 0.29) is 17.4 Å². The molecule has 0 aliphatic heterocycles. The van der Waals surface area contributed by atoms with Gasteiger partial charge in [0.15, 0.2) is 4.96 Å². The lowest BCUT2D eigenvalue weighted by Gasteiger charge is -2.09. The first-order valence-electron chi connectivity index (χ1n) is 10.6. The highest BCUT2D eigenvalue weighted by molar-refractivity contribution is 7.15. The fraction of sp³-hybridized carbons (Fsp3) is 0.125. The molecule has 176 valence electrons. The third-order valence-corrected chi connectivity index (χ3v) is 6.44. The highest BCUT2D eigenvalue weighted by atomic mass is 32.1. The molecule has 9 nitrogen and oxygen atoms in total. The van der Waals surface area contributed by atoms with Crippen LogP contribution >= 0.6 is 11.3 Å². The molecule has 11 heteroatoms. The van der Waals surface area contributed by atoms with E-state index in [0.29, 0.717) is 45.5 Å². The molecule has 1 amide bonds. The third-order valence-electron chi connectivity index (χ3n) is 5.69. The summed E-state index contributed by atoms with van der Waals surface area (Å²) in [5.74, 6) is -0.179. The normalized spacial score (nSPS) is 11.2. The van der Waals surface area contributed by atoms with Gasteiger partial charge in [0.1, 0.15) is 28.7 Å². The van der Waals surface area contributed by atoms with Crippen LogP contribution in [0.3, 0.4) is 0 Å². The van der Waals surface area contributed by atoms with E-state index in [2.05, 4.69) is 15.4 Å². The number of imidazole rings is 1. The summed E-state index contributed by atoms with van der Waals surface area (Å²) in [4.78, 5) is 29.2. The lowest BCUT2D eigenvalue weighted by atomic mass is 10.1. The summed E-state index contributed by atoms with van der Waals surface area (Å²) >= 11 is 1.43. The third kappa shape index (κ3) is 4.17. The molecule has 0 aliphatic carbocycles. The second kappa shape index (κ2) is 8.76. The minimum Gasteiger partial charge on any atom is -0.306 e. The molecule has 3 heterocycles. The molecule has 0 aliphatic rings. The number of amides is 1. The van der Waals surface area contributed by atoms with Crippen molar-refractivity contribution in [3.8, 4) is 11.3 Å². The second-order valence-corrected chi connectivity index (χ2v) is 8.83. The SMILES string of the molecule is Cc1nn(Cc2ccc(C(=O)Nc3c(-c4ccc(F)cc4)nc4sccn34)cc2)c(C)c1[N+](=O)[O-]. The zero-order valence-corrected chi connectivity index (χ0v) is 19.5. The molecule has 0 saturated carbocycles.